The zero-order valence-corrected chi connectivity index (χ0v) is 15.1. The van der Waals surface area contributed by atoms with Gasteiger partial charge < -0.3 is 10.6 Å². The minimum atomic E-state index is -0.0957. The van der Waals surface area contributed by atoms with Gasteiger partial charge in [-0.05, 0) is 41.2 Å². The lowest BCUT2D eigenvalue weighted by atomic mass is 9.96. The molecule has 1 atom stereocenters. The summed E-state index contributed by atoms with van der Waals surface area (Å²) in [4.78, 5) is 23.7. The summed E-state index contributed by atoms with van der Waals surface area (Å²) in [5, 5.41) is 0.776. The number of rotatable bonds is 3. The lowest BCUT2D eigenvalue weighted by molar-refractivity contribution is 0.0747. The Balaban J connectivity index is 1.76. The SMILES string of the molecule is CCC(C)c1ccc2nc(N)nc(C(=O)N3Cc4ccccc4C3)c2c1. The molecule has 2 heterocycles. The third-order valence-corrected chi connectivity index (χ3v) is 5.25. The molecule has 26 heavy (non-hydrogen) atoms. The molecule has 0 aliphatic carbocycles. The van der Waals surface area contributed by atoms with Gasteiger partial charge in [-0.3, -0.25) is 4.79 Å². The molecule has 1 aliphatic rings. The molecule has 0 spiro atoms. The number of nitrogens with two attached hydrogens (primary N) is 1. The van der Waals surface area contributed by atoms with E-state index in [0.29, 0.717) is 30.2 Å². The van der Waals surface area contributed by atoms with Crippen LogP contribution in [0.5, 0.6) is 0 Å². The maximum atomic E-state index is 13.2. The highest BCUT2D eigenvalue weighted by Crippen LogP contribution is 2.28. The second-order valence-electron chi connectivity index (χ2n) is 6.95. The highest BCUT2D eigenvalue weighted by atomic mass is 16.2. The molecule has 132 valence electrons. The van der Waals surface area contributed by atoms with Crippen molar-refractivity contribution in [3.63, 3.8) is 0 Å². The molecule has 0 saturated carbocycles. The van der Waals surface area contributed by atoms with Gasteiger partial charge >= 0.3 is 0 Å². The molecule has 3 aromatic rings. The van der Waals surface area contributed by atoms with Gasteiger partial charge in [-0.25, -0.2) is 9.97 Å². The highest BCUT2D eigenvalue weighted by Gasteiger charge is 2.26. The molecule has 5 heteroatoms. The van der Waals surface area contributed by atoms with Crippen LogP contribution in [0.4, 0.5) is 5.95 Å². The van der Waals surface area contributed by atoms with Crippen LogP contribution in [0.25, 0.3) is 10.9 Å². The molecule has 1 aromatic heterocycles. The minimum Gasteiger partial charge on any atom is -0.368 e. The average molecular weight is 346 g/mol. The third-order valence-electron chi connectivity index (χ3n) is 5.25. The number of amides is 1. The summed E-state index contributed by atoms with van der Waals surface area (Å²) in [7, 11) is 0. The van der Waals surface area contributed by atoms with Crippen LogP contribution in [0.3, 0.4) is 0 Å². The van der Waals surface area contributed by atoms with Crippen molar-refractivity contribution in [2.24, 2.45) is 0 Å². The number of fused-ring (bicyclic) bond motifs is 2. The second kappa shape index (κ2) is 6.41. The van der Waals surface area contributed by atoms with E-state index in [0.717, 1.165) is 11.8 Å². The monoisotopic (exact) mass is 346 g/mol. The maximum Gasteiger partial charge on any atom is 0.273 e. The van der Waals surface area contributed by atoms with Gasteiger partial charge in [0, 0.05) is 18.5 Å². The lowest BCUT2D eigenvalue weighted by Gasteiger charge is -2.17. The molecule has 1 unspecified atom stereocenters. The molecule has 0 saturated heterocycles. The van der Waals surface area contributed by atoms with Crippen molar-refractivity contribution in [1.29, 1.82) is 0 Å². The molecule has 2 aromatic carbocycles. The predicted octanol–water partition coefficient (Wildman–Crippen LogP) is 3.88. The van der Waals surface area contributed by atoms with E-state index in [1.54, 1.807) is 0 Å². The van der Waals surface area contributed by atoms with Crippen LogP contribution in [-0.4, -0.2) is 20.8 Å². The molecule has 0 bridgehead atoms. The maximum absolute atomic E-state index is 13.2. The van der Waals surface area contributed by atoms with E-state index in [-0.39, 0.29) is 11.9 Å². The van der Waals surface area contributed by atoms with Gasteiger partial charge in [0.15, 0.2) is 0 Å². The van der Waals surface area contributed by atoms with Crippen molar-refractivity contribution >= 4 is 22.8 Å². The Bertz CT molecular complexity index is 973. The average Bonchev–Trinajstić information content (AvgIpc) is 3.10. The van der Waals surface area contributed by atoms with Crippen LogP contribution in [0.1, 0.15) is 53.4 Å². The van der Waals surface area contributed by atoms with Gasteiger partial charge in [0.2, 0.25) is 5.95 Å². The van der Waals surface area contributed by atoms with Crippen molar-refractivity contribution in [3.8, 4) is 0 Å². The van der Waals surface area contributed by atoms with Crippen LogP contribution < -0.4 is 5.73 Å². The molecule has 4 rings (SSSR count). The molecule has 0 fully saturated rings. The topological polar surface area (TPSA) is 72.1 Å². The first-order valence-electron chi connectivity index (χ1n) is 9.00. The van der Waals surface area contributed by atoms with Crippen LogP contribution in [0, 0.1) is 0 Å². The number of aromatic nitrogens is 2. The quantitative estimate of drug-likeness (QED) is 0.781. The van der Waals surface area contributed by atoms with Crippen LogP contribution in [0.15, 0.2) is 42.5 Å². The normalized spacial score (nSPS) is 14.5. The van der Waals surface area contributed by atoms with Crippen molar-refractivity contribution in [2.45, 2.75) is 39.3 Å². The second-order valence-corrected chi connectivity index (χ2v) is 6.95. The predicted molar refractivity (Wildman–Crippen MR) is 103 cm³/mol. The van der Waals surface area contributed by atoms with Crippen LogP contribution in [-0.2, 0) is 13.1 Å². The fourth-order valence-electron chi connectivity index (χ4n) is 3.50. The summed E-state index contributed by atoms with van der Waals surface area (Å²) < 4.78 is 0. The van der Waals surface area contributed by atoms with E-state index in [9.17, 15) is 4.79 Å². The molecule has 0 radical (unpaired) electrons. The minimum absolute atomic E-state index is 0.0957. The largest absolute Gasteiger partial charge is 0.368 e. The smallest absolute Gasteiger partial charge is 0.273 e. The van der Waals surface area contributed by atoms with Crippen molar-refractivity contribution in [3.05, 3.63) is 64.8 Å². The Morgan fingerprint density at radius 2 is 1.85 bits per heavy atom. The number of benzene rings is 2. The number of hydrogen-bond acceptors (Lipinski definition) is 4. The van der Waals surface area contributed by atoms with Gasteiger partial charge in [0.05, 0.1) is 5.52 Å². The van der Waals surface area contributed by atoms with E-state index in [4.69, 9.17) is 5.73 Å². The Labute approximate surface area is 152 Å². The third kappa shape index (κ3) is 2.79. The zero-order chi connectivity index (χ0) is 18.3. The lowest BCUT2D eigenvalue weighted by Crippen LogP contribution is -2.27. The Hall–Kier alpha value is -2.95. The van der Waals surface area contributed by atoms with Gasteiger partial charge in [0.25, 0.3) is 5.91 Å². The van der Waals surface area contributed by atoms with E-state index in [1.807, 2.05) is 29.2 Å². The first-order chi connectivity index (χ1) is 12.6. The van der Waals surface area contributed by atoms with E-state index in [2.05, 4.69) is 42.0 Å². The number of hydrogen-bond donors (Lipinski definition) is 1. The van der Waals surface area contributed by atoms with Crippen molar-refractivity contribution in [2.75, 3.05) is 5.73 Å². The summed E-state index contributed by atoms with van der Waals surface area (Å²) in [6.45, 7) is 5.54. The van der Waals surface area contributed by atoms with E-state index in [1.165, 1.54) is 16.7 Å². The summed E-state index contributed by atoms with van der Waals surface area (Å²) in [6.07, 6.45) is 1.03. The zero-order valence-electron chi connectivity index (χ0n) is 15.1. The number of carbonyl (C=O) groups is 1. The summed E-state index contributed by atoms with van der Waals surface area (Å²) in [6, 6.07) is 14.2. The van der Waals surface area contributed by atoms with Crippen molar-refractivity contribution < 1.29 is 4.79 Å². The molecule has 5 nitrogen and oxygen atoms in total. The summed E-state index contributed by atoms with van der Waals surface area (Å²) >= 11 is 0. The molecular formula is C21H22N4O. The van der Waals surface area contributed by atoms with E-state index < -0.39 is 0 Å². The Morgan fingerprint density at radius 1 is 1.15 bits per heavy atom. The number of nitrogens with zero attached hydrogens (tertiary/aromatic N) is 3. The fraction of sp³-hybridized carbons (Fsp3) is 0.286. The molecule has 2 N–H and O–H groups in total. The van der Waals surface area contributed by atoms with Crippen LogP contribution >= 0.6 is 0 Å². The summed E-state index contributed by atoms with van der Waals surface area (Å²) in [5.41, 5.74) is 10.5. The van der Waals surface area contributed by atoms with Gasteiger partial charge in [-0.2, -0.15) is 0 Å². The Kier molecular flexibility index (Phi) is 4.07. The number of anilines is 1. The first kappa shape index (κ1) is 16.5. The van der Waals surface area contributed by atoms with E-state index >= 15 is 0 Å². The Morgan fingerprint density at radius 3 is 2.50 bits per heavy atom. The molecule has 1 aliphatic heterocycles. The van der Waals surface area contributed by atoms with Gasteiger partial charge in [-0.1, -0.05) is 44.2 Å². The number of carbonyl (C=O) groups excluding carboxylic acids is 1. The highest BCUT2D eigenvalue weighted by molar-refractivity contribution is 6.05. The first-order valence-corrected chi connectivity index (χ1v) is 9.00. The van der Waals surface area contributed by atoms with Gasteiger partial charge in [-0.15, -0.1) is 0 Å². The molecule has 1 amide bonds. The van der Waals surface area contributed by atoms with Gasteiger partial charge in [0.1, 0.15) is 5.69 Å². The van der Waals surface area contributed by atoms with Crippen LogP contribution in [0.2, 0.25) is 0 Å². The number of nitrogen functional groups attached to an aromatic ring is 1. The standard InChI is InChI=1S/C21H22N4O/c1-3-13(2)14-8-9-18-17(10-14)19(24-21(22)23-18)20(26)25-11-15-6-4-5-7-16(15)12-25/h4-10,13H,3,11-12H2,1-2H3,(H2,22,23,24). The van der Waals surface area contributed by atoms with Crippen molar-refractivity contribution in [1.82, 2.24) is 14.9 Å². The fourth-order valence-corrected chi connectivity index (χ4v) is 3.50. The summed E-state index contributed by atoms with van der Waals surface area (Å²) in [5.74, 6) is 0.450. The molecular weight excluding hydrogens is 324 g/mol.